The molecule has 0 aromatic heterocycles. The van der Waals surface area contributed by atoms with Gasteiger partial charge in [-0.3, -0.25) is 19.2 Å². The van der Waals surface area contributed by atoms with Crippen LogP contribution < -0.4 is 11.1 Å². The summed E-state index contributed by atoms with van der Waals surface area (Å²) in [7, 11) is 0. The minimum atomic E-state index is -0.615. The summed E-state index contributed by atoms with van der Waals surface area (Å²) in [5.41, 5.74) is 5.37. The molecule has 0 aromatic rings. The summed E-state index contributed by atoms with van der Waals surface area (Å²) in [5, 5.41) is 2.82. The first-order valence-electron chi connectivity index (χ1n) is 9.32. The Kier molecular flexibility index (Phi) is 9.51. The second-order valence-corrected chi connectivity index (χ2v) is 6.69. The van der Waals surface area contributed by atoms with Gasteiger partial charge in [0.25, 0.3) is 0 Å². The SMILES string of the molecule is CCN1CCN(CC(=O)N2CCCCC2CNC(=O)CCN)C(=O)C1=O.Cl. The van der Waals surface area contributed by atoms with Crippen LogP contribution in [0.25, 0.3) is 0 Å². The average molecular weight is 404 g/mol. The van der Waals surface area contributed by atoms with Gasteiger partial charge in [0, 0.05) is 51.7 Å². The summed E-state index contributed by atoms with van der Waals surface area (Å²) >= 11 is 0. The zero-order chi connectivity index (χ0) is 19.1. The quantitative estimate of drug-likeness (QED) is 0.526. The maximum absolute atomic E-state index is 12.7. The van der Waals surface area contributed by atoms with E-state index in [4.69, 9.17) is 5.73 Å². The number of carbonyl (C=O) groups is 4. The minimum Gasteiger partial charge on any atom is -0.354 e. The van der Waals surface area contributed by atoms with Crippen molar-refractivity contribution in [2.45, 2.75) is 38.6 Å². The van der Waals surface area contributed by atoms with Crippen LogP contribution in [0.5, 0.6) is 0 Å². The smallest absolute Gasteiger partial charge is 0.312 e. The predicted octanol–water partition coefficient (Wildman–Crippen LogP) is -1.05. The molecular weight excluding hydrogens is 374 g/mol. The zero-order valence-electron chi connectivity index (χ0n) is 15.8. The number of likely N-dealkylation sites (tertiary alicyclic amines) is 1. The summed E-state index contributed by atoms with van der Waals surface area (Å²) in [6, 6.07) is -0.0827. The standard InChI is InChI=1S/C17H29N5O4.ClH/c1-2-20-9-10-21(17(26)16(20)25)12-15(24)22-8-4-3-5-13(22)11-19-14(23)6-7-18;/h13H,2-12,18H2,1H3,(H,19,23);1H. The van der Waals surface area contributed by atoms with E-state index in [1.54, 1.807) is 4.90 Å². The number of nitrogens with two attached hydrogens (primary N) is 1. The number of piperidine rings is 1. The van der Waals surface area contributed by atoms with Crippen molar-refractivity contribution >= 4 is 36.0 Å². The highest BCUT2D eigenvalue weighted by molar-refractivity contribution is 6.35. The summed E-state index contributed by atoms with van der Waals surface area (Å²) < 4.78 is 0. The Bertz CT molecular complexity index is 559. The lowest BCUT2D eigenvalue weighted by Crippen LogP contribution is -2.58. The number of hydrogen-bond donors (Lipinski definition) is 2. The molecule has 2 rings (SSSR count). The van der Waals surface area contributed by atoms with Gasteiger partial charge in [0.05, 0.1) is 0 Å². The molecule has 9 nitrogen and oxygen atoms in total. The lowest BCUT2D eigenvalue weighted by atomic mass is 10.0. The van der Waals surface area contributed by atoms with Crippen molar-refractivity contribution in [3.8, 4) is 0 Å². The maximum atomic E-state index is 12.7. The number of nitrogens with one attached hydrogen (secondary N) is 1. The first-order chi connectivity index (χ1) is 12.5. The van der Waals surface area contributed by atoms with E-state index in [1.807, 2.05) is 6.92 Å². The van der Waals surface area contributed by atoms with E-state index < -0.39 is 11.8 Å². The van der Waals surface area contributed by atoms with Gasteiger partial charge in [-0.2, -0.15) is 0 Å². The number of hydrogen-bond acceptors (Lipinski definition) is 5. The molecule has 0 spiro atoms. The maximum Gasteiger partial charge on any atom is 0.312 e. The third kappa shape index (κ3) is 6.07. The van der Waals surface area contributed by atoms with Crippen LogP contribution in [0.15, 0.2) is 0 Å². The first-order valence-corrected chi connectivity index (χ1v) is 9.32. The highest BCUT2D eigenvalue weighted by atomic mass is 35.5. The fraction of sp³-hybridized carbons (Fsp3) is 0.765. The fourth-order valence-electron chi connectivity index (χ4n) is 3.41. The van der Waals surface area contributed by atoms with E-state index in [9.17, 15) is 19.2 Å². The van der Waals surface area contributed by atoms with Crippen LogP contribution in [-0.2, 0) is 19.2 Å². The Morgan fingerprint density at radius 3 is 2.44 bits per heavy atom. The van der Waals surface area contributed by atoms with Crippen LogP contribution in [0.2, 0.25) is 0 Å². The van der Waals surface area contributed by atoms with Crippen molar-refractivity contribution in [2.75, 3.05) is 45.8 Å². The van der Waals surface area contributed by atoms with Crippen molar-refractivity contribution < 1.29 is 19.2 Å². The van der Waals surface area contributed by atoms with Gasteiger partial charge in [0.15, 0.2) is 0 Å². The zero-order valence-corrected chi connectivity index (χ0v) is 16.6. The molecule has 154 valence electrons. The van der Waals surface area contributed by atoms with Gasteiger partial charge in [0.1, 0.15) is 6.54 Å². The molecule has 2 aliphatic rings. The molecule has 27 heavy (non-hydrogen) atoms. The Morgan fingerprint density at radius 1 is 1.11 bits per heavy atom. The van der Waals surface area contributed by atoms with Crippen molar-refractivity contribution in [1.29, 1.82) is 0 Å². The van der Waals surface area contributed by atoms with E-state index >= 15 is 0 Å². The highest BCUT2D eigenvalue weighted by Gasteiger charge is 2.35. The highest BCUT2D eigenvalue weighted by Crippen LogP contribution is 2.17. The van der Waals surface area contributed by atoms with E-state index in [-0.39, 0.29) is 43.2 Å². The molecule has 0 saturated carbocycles. The Balaban J connectivity index is 0.00000364. The molecule has 2 fully saturated rings. The molecule has 3 N–H and O–H groups in total. The van der Waals surface area contributed by atoms with Crippen LogP contribution in [0.1, 0.15) is 32.6 Å². The molecule has 2 aliphatic heterocycles. The van der Waals surface area contributed by atoms with Crippen molar-refractivity contribution in [2.24, 2.45) is 5.73 Å². The summed E-state index contributed by atoms with van der Waals surface area (Å²) in [4.78, 5) is 53.1. The van der Waals surface area contributed by atoms with Gasteiger partial charge in [-0.05, 0) is 26.2 Å². The van der Waals surface area contributed by atoms with Gasteiger partial charge in [0.2, 0.25) is 11.8 Å². The fourth-order valence-corrected chi connectivity index (χ4v) is 3.41. The molecule has 0 aliphatic carbocycles. The second-order valence-electron chi connectivity index (χ2n) is 6.69. The summed E-state index contributed by atoms with van der Waals surface area (Å²) in [6.07, 6.45) is 2.97. The molecule has 0 aromatic carbocycles. The predicted molar refractivity (Wildman–Crippen MR) is 102 cm³/mol. The molecule has 4 amide bonds. The Morgan fingerprint density at radius 2 is 1.78 bits per heavy atom. The van der Waals surface area contributed by atoms with Gasteiger partial charge < -0.3 is 25.8 Å². The van der Waals surface area contributed by atoms with Gasteiger partial charge >= 0.3 is 11.8 Å². The van der Waals surface area contributed by atoms with Crippen LogP contribution in [0, 0.1) is 0 Å². The van der Waals surface area contributed by atoms with Crippen LogP contribution in [0.4, 0.5) is 0 Å². The normalized spacial score (nSPS) is 20.4. The van der Waals surface area contributed by atoms with Crippen molar-refractivity contribution in [1.82, 2.24) is 20.0 Å². The van der Waals surface area contributed by atoms with Gasteiger partial charge in [-0.15, -0.1) is 12.4 Å². The number of halogens is 1. The molecule has 10 heteroatoms. The van der Waals surface area contributed by atoms with E-state index in [1.165, 1.54) is 9.80 Å². The number of nitrogens with zero attached hydrogens (tertiary/aromatic N) is 3. The summed E-state index contributed by atoms with van der Waals surface area (Å²) in [5.74, 6) is -1.46. The van der Waals surface area contributed by atoms with Crippen LogP contribution >= 0.6 is 12.4 Å². The average Bonchev–Trinajstić information content (AvgIpc) is 2.64. The Labute approximate surface area is 166 Å². The number of rotatable bonds is 7. The molecular formula is C17H30ClN5O4. The molecule has 2 heterocycles. The number of piperazine rings is 1. The Hall–Kier alpha value is -1.87. The van der Waals surface area contributed by atoms with Crippen LogP contribution in [-0.4, -0.2) is 90.2 Å². The number of carbonyl (C=O) groups excluding carboxylic acids is 4. The molecule has 1 unspecified atom stereocenters. The number of amides is 4. The first kappa shape index (κ1) is 23.2. The van der Waals surface area contributed by atoms with E-state index in [0.29, 0.717) is 39.3 Å². The molecule has 1 atom stereocenters. The third-order valence-corrected chi connectivity index (χ3v) is 4.96. The van der Waals surface area contributed by atoms with E-state index in [2.05, 4.69) is 5.32 Å². The molecule has 2 saturated heterocycles. The lowest BCUT2D eigenvalue weighted by Gasteiger charge is -2.38. The largest absolute Gasteiger partial charge is 0.354 e. The summed E-state index contributed by atoms with van der Waals surface area (Å²) in [6.45, 7) is 4.33. The molecule has 0 radical (unpaired) electrons. The van der Waals surface area contributed by atoms with Gasteiger partial charge in [-0.1, -0.05) is 0 Å². The molecule has 0 bridgehead atoms. The topological polar surface area (TPSA) is 116 Å². The monoisotopic (exact) mass is 403 g/mol. The number of likely N-dealkylation sites (N-methyl/N-ethyl adjacent to an activating group) is 1. The van der Waals surface area contributed by atoms with E-state index in [0.717, 1.165) is 19.3 Å². The lowest BCUT2D eigenvalue weighted by molar-refractivity contribution is -0.158. The third-order valence-electron chi connectivity index (χ3n) is 4.96. The van der Waals surface area contributed by atoms with Crippen LogP contribution in [0.3, 0.4) is 0 Å². The van der Waals surface area contributed by atoms with Crippen molar-refractivity contribution in [3.63, 3.8) is 0 Å². The van der Waals surface area contributed by atoms with Crippen molar-refractivity contribution in [3.05, 3.63) is 0 Å². The van der Waals surface area contributed by atoms with Gasteiger partial charge in [-0.25, -0.2) is 0 Å². The minimum absolute atomic E-state index is 0. The second kappa shape index (κ2) is 11.1.